The molecule has 0 aliphatic heterocycles. The van der Waals surface area contributed by atoms with Crippen LogP contribution in [0.15, 0.2) is 42.5 Å². The molecule has 126 valence electrons. The quantitative estimate of drug-likeness (QED) is 0.930. The van der Waals surface area contributed by atoms with Gasteiger partial charge in [-0.05, 0) is 41.7 Å². The molecule has 1 aliphatic carbocycles. The van der Waals surface area contributed by atoms with Crippen LogP contribution < -0.4 is 10.1 Å². The van der Waals surface area contributed by atoms with Crippen LogP contribution in [0.3, 0.4) is 0 Å². The van der Waals surface area contributed by atoms with Gasteiger partial charge in [-0.15, -0.1) is 0 Å². The summed E-state index contributed by atoms with van der Waals surface area (Å²) in [5.74, 6) is -0.220. The maximum Gasteiger partial charge on any atom is 0.317 e. The number of hydrogen-bond donors (Lipinski definition) is 1. The number of carbonyl (C=O) groups is 1. The predicted octanol–water partition coefficient (Wildman–Crippen LogP) is 3.66. The number of urea groups is 1. The Morgan fingerprint density at radius 2 is 2.12 bits per heavy atom. The van der Waals surface area contributed by atoms with Gasteiger partial charge in [-0.3, -0.25) is 0 Å². The van der Waals surface area contributed by atoms with Crippen molar-refractivity contribution in [1.82, 2.24) is 10.2 Å². The number of fused-ring (bicyclic) bond motifs is 1. The summed E-state index contributed by atoms with van der Waals surface area (Å²) in [4.78, 5) is 14.0. The van der Waals surface area contributed by atoms with Gasteiger partial charge in [-0.2, -0.15) is 0 Å². The highest BCUT2D eigenvalue weighted by Crippen LogP contribution is 2.30. The van der Waals surface area contributed by atoms with Crippen LogP contribution in [0.2, 0.25) is 0 Å². The van der Waals surface area contributed by atoms with Crippen molar-refractivity contribution in [3.8, 4) is 5.75 Å². The van der Waals surface area contributed by atoms with E-state index in [1.807, 2.05) is 12.1 Å². The number of nitrogens with zero attached hydrogens (tertiary/aromatic N) is 1. The zero-order chi connectivity index (χ0) is 17.1. The number of rotatable bonds is 4. The van der Waals surface area contributed by atoms with E-state index in [2.05, 4.69) is 17.4 Å². The van der Waals surface area contributed by atoms with Gasteiger partial charge in [0.1, 0.15) is 0 Å². The van der Waals surface area contributed by atoms with Crippen LogP contribution in [-0.4, -0.2) is 25.1 Å². The van der Waals surface area contributed by atoms with Crippen molar-refractivity contribution in [2.45, 2.75) is 25.4 Å². The number of halogens is 1. The molecule has 1 atom stereocenters. The largest absolute Gasteiger partial charge is 0.494 e. The van der Waals surface area contributed by atoms with Gasteiger partial charge in [0.15, 0.2) is 11.6 Å². The Labute approximate surface area is 141 Å². The minimum absolute atomic E-state index is 0.0451. The fourth-order valence-electron chi connectivity index (χ4n) is 3.12. The molecule has 4 nitrogen and oxygen atoms in total. The molecule has 0 fully saturated rings. The Morgan fingerprint density at radius 1 is 1.33 bits per heavy atom. The first-order valence-electron chi connectivity index (χ1n) is 8.00. The van der Waals surface area contributed by atoms with Crippen molar-refractivity contribution in [3.63, 3.8) is 0 Å². The number of methoxy groups -OCH3 is 1. The van der Waals surface area contributed by atoms with E-state index in [0.29, 0.717) is 6.54 Å². The number of benzene rings is 2. The molecular formula is C19H21FN2O2. The van der Waals surface area contributed by atoms with Crippen LogP contribution in [0, 0.1) is 5.82 Å². The van der Waals surface area contributed by atoms with E-state index in [9.17, 15) is 9.18 Å². The lowest BCUT2D eigenvalue weighted by atomic mass is 10.1. The number of hydrogen-bond acceptors (Lipinski definition) is 2. The summed E-state index contributed by atoms with van der Waals surface area (Å²) in [6, 6.07) is 12.8. The van der Waals surface area contributed by atoms with E-state index < -0.39 is 5.82 Å². The molecule has 5 heteroatoms. The zero-order valence-electron chi connectivity index (χ0n) is 13.9. The minimum Gasteiger partial charge on any atom is -0.494 e. The van der Waals surface area contributed by atoms with E-state index in [1.165, 1.54) is 24.3 Å². The number of aryl methyl sites for hydroxylation is 1. The maximum absolute atomic E-state index is 13.8. The standard InChI is InChI=1S/C19H21FN2O2/c1-22(12-13-7-10-18(24-2)16(20)11-13)19(23)21-17-9-8-14-5-3-4-6-15(14)17/h3-7,10-11,17H,8-9,12H2,1-2H3,(H,21,23). The summed E-state index contributed by atoms with van der Waals surface area (Å²) in [7, 11) is 3.13. The van der Waals surface area contributed by atoms with Crippen LogP contribution in [-0.2, 0) is 13.0 Å². The lowest BCUT2D eigenvalue weighted by Crippen LogP contribution is -2.38. The van der Waals surface area contributed by atoms with Gasteiger partial charge < -0.3 is 15.0 Å². The van der Waals surface area contributed by atoms with Crippen molar-refractivity contribution in [3.05, 3.63) is 65.0 Å². The van der Waals surface area contributed by atoms with Gasteiger partial charge in [0.25, 0.3) is 0 Å². The molecule has 2 aromatic rings. The second kappa shape index (κ2) is 6.91. The Kier molecular flexibility index (Phi) is 4.69. The van der Waals surface area contributed by atoms with Gasteiger partial charge in [0, 0.05) is 13.6 Å². The van der Waals surface area contributed by atoms with Gasteiger partial charge in [0.2, 0.25) is 0 Å². The third kappa shape index (κ3) is 3.35. The molecule has 0 saturated carbocycles. The smallest absolute Gasteiger partial charge is 0.317 e. The summed E-state index contributed by atoms with van der Waals surface area (Å²) < 4.78 is 18.7. The van der Waals surface area contributed by atoms with Crippen molar-refractivity contribution in [2.24, 2.45) is 0 Å². The second-order valence-corrected chi connectivity index (χ2v) is 6.06. The highest BCUT2D eigenvalue weighted by atomic mass is 19.1. The van der Waals surface area contributed by atoms with Crippen molar-refractivity contribution in [2.75, 3.05) is 14.2 Å². The van der Waals surface area contributed by atoms with Crippen LogP contribution in [0.25, 0.3) is 0 Å². The fourth-order valence-corrected chi connectivity index (χ4v) is 3.12. The molecule has 0 radical (unpaired) electrons. The molecule has 24 heavy (non-hydrogen) atoms. The summed E-state index contributed by atoms with van der Waals surface area (Å²) in [5, 5.41) is 3.06. The highest BCUT2D eigenvalue weighted by Gasteiger charge is 2.24. The number of nitrogens with one attached hydrogen (secondary N) is 1. The molecule has 0 spiro atoms. The van der Waals surface area contributed by atoms with E-state index in [-0.39, 0.29) is 17.8 Å². The molecule has 0 saturated heterocycles. The molecule has 0 bridgehead atoms. The topological polar surface area (TPSA) is 41.6 Å². The molecule has 1 aliphatic rings. The van der Waals surface area contributed by atoms with Crippen molar-refractivity contribution in [1.29, 1.82) is 0 Å². The van der Waals surface area contributed by atoms with Gasteiger partial charge in [0.05, 0.1) is 13.2 Å². The van der Waals surface area contributed by atoms with E-state index in [0.717, 1.165) is 18.4 Å². The number of ether oxygens (including phenoxy) is 1. The van der Waals surface area contributed by atoms with Crippen LogP contribution in [0.1, 0.15) is 29.2 Å². The molecular weight excluding hydrogens is 307 g/mol. The van der Waals surface area contributed by atoms with Crippen LogP contribution in [0.5, 0.6) is 5.75 Å². The molecule has 1 N–H and O–H groups in total. The summed E-state index contributed by atoms with van der Waals surface area (Å²) in [6.45, 7) is 0.334. The molecule has 2 aromatic carbocycles. The molecule has 0 aromatic heterocycles. The fraction of sp³-hybridized carbons (Fsp3) is 0.316. The molecule has 0 heterocycles. The first kappa shape index (κ1) is 16.3. The summed E-state index contributed by atoms with van der Waals surface area (Å²) in [5.41, 5.74) is 3.20. The third-order valence-corrected chi connectivity index (χ3v) is 4.41. The Balaban J connectivity index is 1.62. The minimum atomic E-state index is -0.423. The van der Waals surface area contributed by atoms with E-state index in [1.54, 1.807) is 24.1 Å². The lowest BCUT2D eigenvalue weighted by molar-refractivity contribution is 0.202. The molecule has 3 rings (SSSR count). The van der Waals surface area contributed by atoms with Crippen molar-refractivity contribution < 1.29 is 13.9 Å². The number of amides is 2. The summed E-state index contributed by atoms with van der Waals surface area (Å²) >= 11 is 0. The Bertz CT molecular complexity index is 748. The maximum atomic E-state index is 13.8. The first-order chi connectivity index (χ1) is 11.6. The van der Waals surface area contributed by atoms with Gasteiger partial charge in [-0.1, -0.05) is 30.3 Å². The highest BCUT2D eigenvalue weighted by molar-refractivity contribution is 5.74. The monoisotopic (exact) mass is 328 g/mol. The number of carbonyl (C=O) groups excluding carboxylic acids is 1. The zero-order valence-corrected chi connectivity index (χ0v) is 13.9. The molecule has 1 unspecified atom stereocenters. The van der Waals surface area contributed by atoms with E-state index >= 15 is 0 Å². The lowest BCUT2D eigenvalue weighted by Gasteiger charge is -2.22. The normalized spacial score (nSPS) is 15.7. The second-order valence-electron chi connectivity index (χ2n) is 6.06. The van der Waals surface area contributed by atoms with E-state index in [4.69, 9.17) is 4.74 Å². The SMILES string of the molecule is COc1ccc(CN(C)C(=O)NC2CCc3ccccc32)cc1F. The Hall–Kier alpha value is -2.56. The average molecular weight is 328 g/mol. The first-order valence-corrected chi connectivity index (χ1v) is 8.00. The third-order valence-electron chi connectivity index (χ3n) is 4.41. The average Bonchev–Trinajstić information content (AvgIpc) is 2.98. The van der Waals surface area contributed by atoms with Gasteiger partial charge >= 0.3 is 6.03 Å². The predicted molar refractivity (Wildman–Crippen MR) is 90.5 cm³/mol. The molecule has 2 amide bonds. The van der Waals surface area contributed by atoms with Gasteiger partial charge in [-0.25, -0.2) is 9.18 Å². The van der Waals surface area contributed by atoms with Crippen LogP contribution in [0.4, 0.5) is 9.18 Å². The Morgan fingerprint density at radius 3 is 2.88 bits per heavy atom. The van der Waals surface area contributed by atoms with Crippen LogP contribution >= 0.6 is 0 Å². The van der Waals surface area contributed by atoms with Crippen molar-refractivity contribution >= 4 is 6.03 Å². The summed E-state index contributed by atoms with van der Waals surface area (Å²) in [6.07, 6.45) is 1.89.